The Morgan fingerprint density at radius 2 is 1.89 bits per heavy atom. The number of halogens is 1. The van der Waals surface area contributed by atoms with Crippen LogP contribution in [0.15, 0.2) is 60.7 Å². The van der Waals surface area contributed by atoms with Crippen LogP contribution in [0.3, 0.4) is 0 Å². The molecule has 0 aromatic heterocycles. The molecule has 0 unspecified atom stereocenters. The van der Waals surface area contributed by atoms with E-state index in [4.69, 9.17) is 21.1 Å². The van der Waals surface area contributed by atoms with Crippen LogP contribution >= 0.6 is 11.6 Å². The van der Waals surface area contributed by atoms with Gasteiger partial charge in [-0.25, -0.2) is 5.01 Å². The number of methoxy groups -OCH3 is 1. The van der Waals surface area contributed by atoms with E-state index in [1.54, 1.807) is 48.5 Å². The number of hydrazine groups is 1. The third-order valence-corrected chi connectivity index (χ3v) is 4.08. The molecule has 1 N–H and O–H groups in total. The highest BCUT2D eigenvalue weighted by Crippen LogP contribution is 2.30. The topological polar surface area (TPSA) is 67.9 Å². The van der Waals surface area contributed by atoms with Gasteiger partial charge in [-0.3, -0.25) is 15.0 Å². The summed E-state index contributed by atoms with van der Waals surface area (Å²) in [6.45, 7) is 3.94. The molecular weight excluding hydrogens is 368 g/mol. The maximum absolute atomic E-state index is 12.6. The van der Waals surface area contributed by atoms with Crippen molar-refractivity contribution >= 4 is 35.2 Å². The number of anilines is 1. The molecule has 1 heterocycles. The van der Waals surface area contributed by atoms with Gasteiger partial charge in [-0.15, -0.1) is 0 Å². The second-order valence-electron chi connectivity index (χ2n) is 5.63. The van der Waals surface area contributed by atoms with Crippen molar-refractivity contribution in [2.45, 2.75) is 0 Å². The lowest BCUT2D eigenvalue weighted by molar-refractivity contribution is -0.117. The fraction of sp³-hybridized carbons (Fsp3) is 0.100. The number of hydrogen-bond donors (Lipinski definition) is 1. The number of benzene rings is 2. The SMILES string of the molecule is C=CCOc1ccc(/C=C2\C(=O)NN(c3ccc(Cl)cc3)C2=O)cc1OC. The summed E-state index contributed by atoms with van der Waals surface area (Å²) in [4.78, 5) is 24.9. The summed E-state index contributed by atoms with van der Waals surface area (Å²) in [6, 6.07) is 11.7. The molecule has 1 aliphatic heterocycles. The first kappa shape index (κ1) is 18.5. The Balaban J connectivity index is 1.88. The van der Waals surface area contributed by atoms with Crippen molar-refractivity contribution in [1.29, 1.82) is 0 Å². The monoisotopic (exact) mass is 384 g/mol. The molecule has 0 atom stereocenters. The Hall–Kier alpha value is -3.25. The van der Waals surface area contributed by atoms with E-state index in [2.05, 4.69) is 12.0 Å². The molecule has 2 amide bonds. The number of nitrogens with one attached hydrogen (secondary N) is 1. The maximum atomic E-state index is 12.6. The molecule has 0 spiro atoms. The van der Waals surface area contributed by atoms with Crippen LogP contribution < -0.4 is 19.9 Å². The number of ether oxygens (including phenoxy) is 2. The highest BCUT2D eigenvalue weighted by molar-refractivity contribution is 6.32. The summed E-state index contributed by atoms with van der Waals surface area (Å²) in [6.07, 6.45) is 3.13. The van der Waals surface area contributed by atoms with E-state index in [-0.39, 0.29) is 5.57 Å². The second kappa shape index (κ2) is 7.97. The third-order valence-electron chi connectivity index (χ3n) is 3.83. The van der Waals surface area contributed by atoms with E-state index in [9.17, 15) is 9.59 Å². The lowest BCUT2D eigenvalue weighted by Crippen LogP contribution is -2.35. The van der Waals surface area contributed by atoms with Gasteiger partial charge in [0, 0.05) is 5.02 Å². The van der Waals surface area contributed by atoms with Crippen LogP contribution in [0.1, 0.15) is 5.56 Å². The molecule has 2 aromatic rings. The molecule has 2 aromatic carbocycles. The first-order valence-electron chi connectivity index (χ1n) is 8.08. The average Bonchev–Trinajstić information content (AvgIpc) is 2.95. The second-order valence-corrected chi connectivity index (χ2v) is 6.06. The molecule has 1 fully saturated rings. The van der Waals surface area contributed by atoms with Gasteiger partial charge in [-0.1, -0.05) is 30.3 Å². The molecule has 1 saturated heterocycles. The lowest BCUT2D eigenvalue weighted by Gasteiger charge is -2.14. The zero-order valence-electron chi connectivity index (χ0n) is 14.6. The normalized spacial score (nSPS) is 15.0. The molecule has 6 nitrogen and oxygen atoms in total. The van der Waals surface area contributed by atoms with Gasteiger partial charge in [0.2, 0.25) is 0 Å². The zero-order valence-corrected chi connectivity index (χ0v) is 15.3. The van der Waals surface area contributed by atoms with E-state index >= 15 is 0 Å². The predicted molar refractivity (Wildman–Crippen MR) is 104 cm³/mol. The Labute approximate surface area is 161 Å². The number of carbonyl (C=O) groups is 2. The Kier molecular flexibility index (Phi) is 5.47. The largest absolute Gasteiger partial charge is 0.493 e. The van der Waals surface area contributed by atoms with Gasteiger partial charge in [-0.05, 0) is 48.0 Å². The highest BCUT2D eigenvalue weighted by atomic mass is 35.5. The molecule has 0 aliphatic carbocycles. The molecule has 0 radical (unpaired) electrons. The van der Waals surface area contributed by atoms with Gasteiger partial charge < -0.3 is 9.47 Å². The van der Waals surface area contributed by atoms with Gasteiger partial charge in [0.1, 0.15) is 12.2 Å². The number of carbonyl (C=O) groups excluding carboxylic acids is 2. The van der Waals surface area contributed by atoms with Crippen LogP contribution in [-0.2, 0) is 9.59 Å². The van der Waals surface area contributed by atoms with Crippen molar-refractivity contribution < 1.29 is 19.1 Å². The van der Waals surface area contributed by atoms with E-state index < -0.39 is 11.8 Å². The van der Waals surface area contributed by atoms with Crippen LogP contribution in [-0.4, -0.2) is 25.5 Å². The summed E-state index contributed by atoms with van der Waals surface area (Å²) in [7, 11) is 1.52. The third kappa shape index (κ3) is 3.96. The molecule has 0 saturated carbocycles. The van der Waals surface area contributed by atoms with E-state index in [1.165, 1.54) is 18.2 Å². The molecule has 7 heteroatoms. The van der Waals surface area contributed by atoms with Crippen molar-refractivity contribution in [1.82, 2.24) is 5.43 Å². The van der Waals surface area contributed by atoms with Gasteiger partial charge in [-0.2, -0.15) is 0 Å². The minimum absolute atomic E-state index is 0.0202. The summed E-state index contributed by atoms with van der Waals surface area (Å²) < 4.78 is 10.8. The lowest BCUT2D eigenvalue weighted by atomic mass is 10.1. The molecule has 138 valence electrons. The highest BCUT2D eigenvalue weighted by Gasteiger charge is 2.34. The minimum Gasteiger partial charge on any atom is -0.493 e. The molecule has 3 rings (SSSR count). The molecular formula is C20H17ClN2O4. The van der Waals surface area contributed by atoms with Crippen molar-refractivity contribution in [3.05, 3.63) is 71.3 Å². The van der Waals surface area contributed by atoms with Crippen LogP contribution in [0.4, 0.5) is 5.69 Å². The minimum atomic E-state index is -0.485. The van der Waals surface area contributed by atoms with E-state index in [0.29, 0.717) is 34.4 Å². The van der Waals surface area contributed by atoms with Crippen molar-refractivity contribution in [3.8, 4) is 11.5 Å². The first-order valence-corrected chi connectivity index (χ1v) is 8.45. The van der Waals surface area contributed by atoms with Gasteiger partial charge >= 0.3 is 0 Å². The van der Waals surface area contributed by atoms with Gasteiger partial charge in [0.15, 0.2) is 11.5 Å². The van der Waals surface area contributed by atoms with Crippen LogP contribution in [0.2, 0.25) is 5.02 Å². The Bertz CT molecular complexity index is 922. The summed E-state index contributed by atoms with van der Waals surface area (Å²) in [5, 5.41) is 1.72. The predicted octanol–water partition coefficient (Wildman–Crippen LogP) is 3.37. The van der Waals surface area contributed by atoms with Crippen LogP contribution in [0.5, 0.6) is 11.5 Å². The molecule has 1 aliphatic rings. The van der Waals surface area contributed by atoms with Crippen LogP contribution in [0.25, 0.3) is 6.08 Å². The summed E-state index contributed by atoms with van der Waals surface area (Å²) >= 11 is 5.86. The Morgan fingerprint density at radius 3 is 2.56 bits per heavy atom. The number of hydrogen-bond acceptors (Lipinski definition) is 4. The fourth-order valence-corrected chi connectivity index (χ4v) is 2.66. The number of rotatable bonds is 6. The first-order chi connectivity index (χ1) is 13.0. The zero-order chi connectivity index (χ0) is 19.4. The smallest absolute Gasteiger partial charge is 0.282 e. The maximum Gasteiger partial charge on any atom is 0.282 e. The Morgan fingerprint density at radius 1 is 1.15 bits per heavy atom. The average molecular weight is 385 g/mol. The summed E-state index contributed by atoms with van der Waals surface area (Å²) in [5.41, 5.74) is 3.72. The van der Waals surface area contributed by atoms with E-state index in [0.717, 1.165) is 0 Å². The van der Waals surface area contributed by atoms with Crippen molar-refractivity contribution in [2.24, 2.45) is 0 Å². The summed E-state index contributed by atoms with van der Waals surface area (Å²) in [5.74, 6) is 0.102. The number of nitrogens with zero attached hydrogens (tertiary/aromatic N) is 1. The number of amides is 2. The van der Waals surface area contributed by atoms with Crippen LogP contribution in [0, 0.1) is 0 Å². The quantitative estimate of drug-likeness (QED) is 0.471. The standard InChI is InChI=1S/C20H17ClN2O4/c1-3-10-27-17-9-4-13(12-18(17)26-2)11-16-19(24)22-23(20(16)25)15-7-5-14(21)6-8-15/h3-9,11-12H,1,10H2,2H3,(H,22,24)/b16-11+. The van der Waals surface area contributed by atoms with Crippen molar-refractivity contribution in [2.75, 3.05) is 18.7 Å². The molecule has 27 heavy (non-hydrogen) atoms. The van der Waals surface area contributed by atoms with E-state index in [1.807, 2.05) is 0 Å². The fourth-order valence-electron chi connectivity index (χ4n) is 2.54. The van der Waals surface area contributed by atoms with Gasteiger partial charge in [0.25, 0.3) is 11.8 Å². The van der Waals surface area contributed by atoms with Crippen molar-refractivity contribution in [3.63, 3.8) is 0 Å². The molecule has 0 bridgehead atoms. The van der Waals surface area contributed by atoms with Gasteiger partial charge in [0.05, 0.1) is 12.8 Å².